The van der Waals surface area contributed by atoms with Crippen molar-refractivity contribution in [3.63, 3.8) is 0 Å². The van der Waals surface area contributed by atoms with Crippen LogP contribution in [0.1, 0.15) is 48.2 Å². The van der Waals surface area contributed by atoms with E-state index in [0.29, 0.717) is 12.1 Å². The maximum Gasteiger partial charge on any atom is 0.270 e. The van der Waals surface area contributed by atoms with Gasteiger partial charge in [0.05, 0.1) is 12.1 Å². The zero-order valence-corrected chi connectivity index (χ0v) is 11.0. The third-order valence-corrected chi connectivity index (χ3v) is 3.31. The summed E-state index contributed by atoms with van der Waals surface area (Å²) in [6.07, 6.45) is 1.08. The molecule has 1 rings (SSSR count). The Hall–Kier alpha value is -0.980. The van der Waals surface area contributed by atoms with E-state index in [2.05, 4.69) is 10.3 Å². The van der Waals surface area contributed by atoms with Gasteiger partial charge >= 0.3 is 0 Å². The van der Waals surface area contributed by atoms with Crippen LogP contribution >= 0.6 is 11.3 Å². The van der Waals surface area contributed by atoms with Crippen LogP contribution in [0, 0.1) is 0 Å². The van der Waals surface area contributed by atoms with Crippen molar-refractivity contribution in [2.24, 2.45) is 5.73 Å². The standard InChI is InChI=1S/C11H19N3O2S/c1-3-4-8(15)5-13-10(16)9-6-17-11(14-9)7(2)12/h6-8,15H,3-5,12H2,1-2H3,(H,13,16). The van der Waals surface area contributed by atoms with Gasteiger partial charge in [-0.25, -0.2) is 4.98 Å². The van der Waals surface area contributed by atoms with Crippen molar-refractivity contribution in [1.29, 1.82) is 0 Å². The molecule has 0 aliphatic carbocycles. The van der Waals surface area contributed by atoms with E-state index in [0.717, 1.165) is 11.4 Å². The van der Waals surface area contributed by atoms with Crippen LogP contribution < -0.4 is 11.1 Å². The van der Waals surface area contributed by atoms with Gasteiger partial charge in [-0.2, -0.15) is 0 Å². The summed E-state index contributed by atoms with van der Waals surface area (Å²) < 4.78 is 0. The SMILES string of the molecule is CCCC(O)CNC(=O)c1csc(C(C)N)n1. The summed E-state index contributed by atoms with van der Waals surface area (Å²) in [4.78, 5) is 15.8. The van der Waals surface area contributed by atoms with Gasteiger partial charge in [-0.3, -0.25) is 4.79 Å². The Bertz CT molecular complexity index is 365. The average Bonchev–Trinajstić information content (AvgIpc) is 2.75. The van der Waals surface area contributed by atoms with Crippen LogP contribution in [0.2, 0.25) is 0 Å². The Labute approximate surface area is 105 Å². The first-order chi connectivity index (χ1) is 8.04. The van der Waals surface area contributed by atoms with Crippen LogP contribution in [0.15, 0.2) is 5.38 Å². The Morgan fingerprint density at radius 2 is 2.41 bits per heavy atom. The topological polar surface area (TPSA) is 88.2 Å². The predicted octanol–water partition coefficient (Wildman–Crippen LogP) is 1.05. The number of hydrogen-bond donors (Lipinski definition) is 3. The van der Waals surface area contributed by atoms with E-state index in [4.69, 9.17) is 5.73 Å². The number of aliphatic hydroxyl groups is 1. The number of nitrogens with two attached hydrogens (primary N) is 1. The largest absolute Gasteiger partial charge is 0.391 e. The molecule has 96 valence electrons. The van der Waals surface area contributed by atoms with Gasteiger partial charge in [-0.1, -0.05) is 13.3 Å². The summed E-state index contributed by atoms with van der Waals surface area (Å²) in [6.45, 7) is 4.07. The zero-order valence-electron chi connectivity index (χ0n) is 10.1. The van der Waals surface area contributed by atoms with Gasteiger partial charge < -0.3 is 16.2 Å². The lowest BCUT2D eigenvalue weighted by Crippen LogP contribution is -2.32. The summed E-state index contributed by atoms with van der Waals surface area (Å²) in [5, 5.41) is 14.6. The molecule has 0 saturated carbocycles. The van der Waals surface area contributed by atoms with Crippen LogP contribution in [-0.4, -0.2) is 28.6 Å². The molecule has 0 saturated heterocycles. The van der Waals surface area contributed by atoms with Crippen molar-refractivity contribution >= 4 is 17.2 Å². The Morgan fingerprint density at radius 3 is 2.94 bits per heavy atom. The minimum absolute atomic E-state index is 0.160. The molecular weight excluding hydrogens is 238 g/mol. The normalized spacial score (nSPS) is 14.4. The summed E-state index contributed by atoms with van der Waals surface area (Å²) in [7, 11) is 0. The van der Waals surface area contributed by atoms with E-state index < -0.39 is 6.10 Å². The number of amides is 1. The molecule has 6 heteroatoms. The molecule has 0 aliphatic heterocycles. The number of hydrogen-bond acceptors (Lipinski definition) is 5. The first-order valence-corrected chi connectivity index (χ1v) is 6.59. The van der Waals surface area contributed by atoms with Crippen LogP contribution in [0.3, 0.4) is 0 Å². The van der Waals surface area contributed by atoms with Gasteiger partial charge in [0.2, 0.25) is 0 Å². The maximum absolute atomic E-state index is 11.7. The third kappa shape index (κ3) is 4.41. The molecule has 0 spiro atoms. The molecule has 0 radical (unpaired) electrons. The second kappa shape index (κ2) is 6.68. The molecule has 0 bridgehead atoms. The number of aromatic nitrogens is 1. The number of aliphatic hydroxyl groups excluding tert-OH is 1. The number of thiazole rings is 1. The van der Waals surface area contributed by atoms with Crippen molar-refractivity contribution in [3.8, 4) is 0 Å². The van der Waals surface area contributed by atoms with Crippen LogP contribution in [0.5, 0.6) is 0 Å². The minimum atomic E-state index is -0.490. The number of nitrogens with zero attached hydrogens (tertiary/aromatic N) is 1. The van der Waals surface area contributed by atoms with E-state index in [9.17, 15) is 9.90 Å². The van der Waals surface area contributed by atoms with Crippen molar-refractivity contribution in [2.45, 2.75) is 38.8 Å². The lowest BCUT2D eigenvalue weighted by atomic mass is 10.2. The molecule has 17 heavy (non-hydrogen) atoms. The smallest absolute Gasteiger partial charge is 0.270 e. The monoisotopic (exact) mass is 257 g/mol. The summed E-state index contributed by atoms with van der Waals surface area (Å²) in [5.74, 6) is -0.261. The highest BCUT2D eigenvalue weighted by Crippen LogP contribution is 2.15. The van der Waals surface area contributed by atoms with Crippen molar-refractivity contribution in [2.75, 3.05) is 6.54 Å². The predicted molar refractivity (Wildman–Crippen MR) is 68.0 cm³/mol. The summed E-state index contributed by atoms with van der Waals surface area (Å²) >= 11 is 1.37. The van der Waals surface area contributed by atoms with Gasteiger partial charge in [-0.05, 0) is 13.3 Å². The van der Waals surface area contributed by atoms with Gasteiger partial charge in [0.25, 0.3) is 5.91 Å². The highest BCUT2D eigenvalue weighted by atomic mass is 32.1. The van der Waals surface area contributed by atoms with Gasteiger partial charge in [-0.15, -0.1) is 11.3 Å². The number of rotatable bonds is 6. The number of nitrogens with one attached hydrogen (secondary N) is 1. The fourth-order valence-corrected chi connectivity index (χ4v) is 2.10. The molecule has 0 aliphatic rings. The van der Waals surface area contributed by atoms with Gasteiger partial charge in [0, 0.05) is 11.9 Å². The van der Waals surface area contributed by atoms with E-state index in [-0.39, 0.29) is 18.5 Å². The zero-order chi connectivity index (χ0) is 12.8. The Kier molecular flexibility index (Phi) is 5.54. The molecule has 5 nitrogen and oxygen atoms in total. The fraction of sp³-hybridized carbons (Fsp3) is 0.636. The molecule has 1 amide bonds. The lowest BCUT2D eigenvalue weighted by molar-refractivity contribution is 0.0905. The lowest BCUT2D eigenvalue weighted by Gasteiger charge is -2.09. The van der Waals surface area contributed by atoms with Crippen molar-refractivity contribution in [3.05, 3.63) is 16.1 Å². The van der Waals surface area contributed by atoms with E-state index in [1.165, 1.54) is 11.3 Å². The molecule has 1 aromatic rings. The van der Waals surface area contributed by atoms with Gasteiger partial charge in [0.1, 0.15) is 10.7 Å². The minimum Gasteiger partial charge on any atom is -0.391 e. The Balaban J connectivity index is 2.46. The molecular formula is C11H19N3O2S. The van der Waals surface area contributed by atoms with Crippen LogP contribution in [0.25, 0.3) is 0 Å². The fourth-order valence-electron chi connectivity index (χ4n) is 1.34. The molecule has 2 unspecified atom stereocenters. The van der Waals surface area contributed by atoms with E-state index in [1.807, 2.05) is 13.8 Å². The number of carbonyl (C=O) groups is 1. The van der Waals surface area contributed by atoms with Gasteiger partial charge in [0.15, 0.2) is 0 Å². The Morgan fingerprint density at radius 1 is 1.71 bits per heavy atom. The third-order valence-electron chi connectivity index (χ3n) is 2.26. The van der Waals surface area contributed by atoms with Crippen LogP contribution in [-0.2, 0) is 0 Å². The first-order valence-electron chi connectivity index (χ1n) is 5.71. The van der Waals surface area contributed by atoms with Crippen LogP contribution in [0.4, 0.5) is 0 Å². The highest BCUT2D eigenvalue weighted by Gasteiger charge is 2.13. The maximum atomic E-state index is 11.7. The second-order valence-electron chi connectivity index (χ2n) is 4.01. The summed E-state index contributed by atoms with van der Waals surface area (Å²) in [6, 6.07) is -0.160. The van der Waals surface area contributed by atoms with Crippen molar-refractivity contribution in [1.82, 2.24) is 10.3 Å². The van der Waals surface area contributed by atoms with Crippen molar-refractivity contribution < 1.29 is 9.90 Å². The highest BCUT2D eigenvalue weighted by molar-refractivity contribution is 7.09. The molecule has 0 fully saturated rings. The molecule has 1 aromatic heterocycles. The molecule has 0 aromatic carbocycles. The summed E-state index contributed by atoms with van der Waals surface area (Å²) in [5.41, 5.74) is 6.03. The molecule has 1 heterocycles. The quantitative estimate of drug-likeness (QED) is 0.711. The molecule has 4 N–H and O–H groups in total. The molecule has 2 atom stereocenters. The van der Waals surface area contributed by atoms with E-state index in [1.54, 1.807) is 5.38 Å². The average molecular weight is 257 g/mol. The first kappa shape index (κ1) is 14.1. The second-order valence-corrected chi connectivity index (χ2v) is 4.90. The number of carbonyl (C=O) groups excluding carboxylic acids is 1. The van der Waals surface area contributed by atoms with E-state index >= 15 is 0 Å².